The number of fused-ring (bicyclic) bond motifs is 4. The van der Waals surface area contributed by atoms with E-state index in [1.165, 1.54) is 18.2 Å². The number of amides is 3. The fraction of sp³-hybridized carbons (Fsp3) is 0.376. The molecule has 0 bridgehead atoms. The molecule has 3 amide bonds. The number of rotatable bonds is 47. The van der Waals surface area contributed by atoms with Gasteiger partial charge in [-0.3, -0.25) is 61.7 Å². The number of aryl methyl sites for hydroxylation is 4. The van der Waals surface area contributed by atoms with Gasteiger partial charge in [0.2, 0.25) is 0 Å². The van der Waals surface area contributed by atoms with Crippen LogP contribution in [-0.2, 0) is 74.6 Å². The molecule has 766 valence electrons. The van der Waals surface area contributed by atoms with E-state index in [0.717, 1.165) is 95.7 Å². The van der Waals surface area contributed by atoms with Crippen molar-refractivity contribution in [2.24, 2.45) is 25.9 Å². The van der Waals surface area contributed by atoms with Crippen molar-refractivity contribution < 1.29 is 147 Å². The zero-order valence-electron chi connectivity index (χ0n) is 79.0. The lowest BCUT2D eigenvalue weighted by Crippen LogP contribution is -2.33. The third kappa shape index (κ3) is 31.6. The summed E-state index contributed by atoms with van der Waals surface area (Å²) in [6.45, 7) is 17.0. The van der Waals surface area contributed by atoms with E-state index >= 15 is 0 Å². The van der Waals surface area contributed by atoms with Crippen LogP contribution < -0.4 is 77.4 Å². The van der Waals surface area contributed by atoms with Crippen LogP contribution in [0.2, 0.25) is 0 Å². The highest BCUT2D eigenvalue weighted by Crippen LogP contribution is 2.61. The molecule has 5 aromatic carbocycles. The van der Waals surface area contributed by atoms with Crippen molar-refractivity contribution in [3.63, 3.8) is 0 Å². The molecule has 6 aromatic rings. The fourth-order valence-electron chi connectivity index (χ4n) is 14.8. The van der Waals surface area contributed by atoms with Crippen LogP contribution in [-0.4, -0.2) is 188 Å². The average molecular weight is 2050 g/mol. The molecule has 9 N–H and O–H groups in total. The van der Waals surface area contributed by atoms with Gasteiger partial charge in [0.25, 0.3) is 38.9 Å². The molecule has 0 spiro atoms. The van der Waals surface area contributed by atoms with Crippen molar-refractivity contribution >= 4 is 104 Å². The third-order valence-electron chi connectivity index (χ3n) is 21.3. The second-order valence-electron chi connectivity index (χ2n) is 31.7. The second-order valence-corrected chi connectivity index (χ2v) is 35.9. The number of ketones is 1. The first-order chi connectivity index (χ1) is 68.7. The Morgan fingerprint density at radius 1 is 0.660 bits per heavy atom. The summed E-state index contributed by atoms with van der Waals surface area (Å²) in [5.41, 5.74) is 31.9. The van der Waals surface area contributed by atoms with Crippen molar-refractivity contribution in [1.29, 1.82) is 0 Å². The number of Topliss-reactive ketones (excluding diaryl/α,β-unsaturated/α-hetero) is 1. The predicted molar refractivity (Wildman–Crippen MR) is 508 cm³/mol. The monoisotopic (exact) mass is 2050 g/mol. The van der Waals surface area contributed by atoms with Crippen molar-refractivity contribution in [1.82, 2.24) is 19.9 Å². The number of nitrogens with two attached hydrogens (primary N) is 1. The summed E-state index contributed by atoms with van der Waals surface area (Å²) in [4.78, 5) is 187. The standard InChI is InChI=1S/C34H35N3O8.C30H32N2O6.C29H39N10O19P3/c1-5-35-26-17-28-24(14-19(26)3)33(25-15-20(4)27(36-6-2)18-29(25)44-28)23-16-21(9-10-22(23)34(41)42)43-13-7-8-32(40)45-37-30(38)11-12-31(37)39;1-5-31-24-15-26-22(12-17(24)3)29(23-13-18(4)25(32-6-2)16-27(23)38-26)21-14-19(9-10-20(21)30(35)36)37-11-7-8-28(33)34;30-8-9-33-27(41)19-5-3-7-22(12-19)53-17-25(36-38-32)52-11-10-51-15-21(40)6-2-1-4-20-14-39(29(43)35-28(20)42)26-13-23(54-18-34-37-31)24(56-26)16-55-60(47,48)58-61(49,50)57-59(44,45)46/h9-10,14-18,35H,5-8,11-13H2,1-4H3,(H,41,42);9-10,12-16,31H,5-8,11H2,1-4H3,(H,33,34)(H,35,36);3,5,7,12,14,23-26H,2,6,8-11,13,15-18,30H2,(H,33,41)(H,47,48)(H,49,50)(H,35,42,43)(H2,44,45,46)/p-4. The summed E-state index contributed by atoms with van der Waals surface area (Å²) in [5.74, 6) is 1.90. The molecular formula is C93H102N15O33P3-4. The van der Waals surface area contributed by atoms with Crippen molar-refractivity contribution in [3.8, 4) is 74.0 Å². The van der Waals surface area contributed by atoms with Gasteiger partial charge in [0.1, 0.15) is 77.8 Å². The van der Waals surface area contributed by atoms with Gasteiger partial charge in [-0.2, -0.15) is 0 Å². The van der Waals surface area contributed by atoms with Gasteiger partial charge in [0, 0.05) is 179 Å². The van der Waals surface area contributed by atoms with E-state index in [4.69, 9.17) is 68.7 Å². The van der Waals surface area contributed by atoms with Gasteiger partial charge >= 0.3 is 29.6 Å². The normalized spacial score (nSPS) is 15.2. The number of hydroxylamine groups is 2. The number of azide groups is 2. The number of phosphoric acid groups is 3. The van der Waals surface area contributed by atoms with Crippen LogP contribution in [0, 0.1) is 39.5 Å². The van der Waals surface area contributed by atoms with Crippen molar-refractivity contribution in [2.75, 3.05) is 103 Å². The number of ether oxygens (including phenoxy) is 7. The highest BCUT2D eigenvalue weighted by atomic mass is 31.3. The number of hydrogen-bond donors (Lipinski definition) is 8. The number of nitrogens with one attached hydrogen (secondary N) is 4. The number of carboxylic acids is 3. The smallest absolute Gasteiger partial charge is 0.336 e. The summed E-state index contributed by atoms with van der Waals surface area (Å²) in [7, 11) is -18.5. The molecule has 0 radical (unpaired) electrons. The SMILES string of the molecule is CCN=c1cc2oc3cc(NCC)c(C)cc3c(-c3cc(OCCCC(=O)O)ccc3C(=O)O)c-2cc1C.CCN=c1cc2oc3cc(NCC)c(C)cc3c(-c3cc(OCCCC(=O)ON4C(=O)CCC4=O)ccc3C(=O)O)c-2cc1C.[N-]=[N+]=NCOC1CC(n2cc(C#CCCC(=O)COCCOC(COc3cccc(C(=O)NCCN)c3)N=[N+]=[N-])c(=O)[nH]c2=O)OC1COP(=O)([O-])OP(=O)([O-])OP(=O)([O-])[O-]. The Labute approximate surface area is 820 Å². The Bertz CT molecular complexity index is 6960. The molecule has 2 aliphatic carbocycles. The summed E-state index contributed by atoms with van der Waals surface area (Å²) >= 11 is 0. The first-order valence-corrected chi connectivity index (χ1v) is 49.2. The van der Waals surface area contributed by atoms with E-state index in [0.29, 0.717) is 86.8 Å². The zero-order valence-corrected chi connectivity index (χ0v) is 81.7. The summed E-state index contributed by atoms with van der Waals surface area (Å²) in [6.07, 6.45) is -4.03. The number of anilines is 2. The van der Waals surface area contributed by atoms with Crippen LogP contribution in [0.1, 0.15) is 151 Å². The van der Waals surface area contributed by atoms with Crippen LogP contribution in [0.25, 0.3) is 87.7 Å². The van der Waals surface area contributed by atoms with Gasteiger partial charge in [-0.15, -0.1) is 5.06 Å². The van der Waals surface area contributed by atoms with E-state index in [9.17, 15) is 91.4 Å². The quantitative estimate of drug-likeness (QED) is 0.00257. The number of aromatic carboxylic acids is 2. The predicted octanol–water partition coefficient (Wildman–Crippen LogP) is 10.2. The lowest BCUT2D eigenvalue weighted by Gasteiger charge is -2.37. The van der Waals surface area contributed by atoms with Crippen molar-refractivity contribution in [2.45, 2.75) is 138 Å². The molecule has 6 aliphatic rings. The first kappa shape index (κ1) is 112. The Morgan fingerprint density at radius 2 is 1.23 bits per heavy atom. The molecule has 48 nitrogen and oxygen atoms in total. The lowest BCUT2D eigenvalue weighted by molar-refractivity contribution is -0.339. The molecule has 12 rings (SSSR count). The summed E-state index contributed by atoms with van der Waals surface area (Å²) in [5, 5.41) is 48.9. The number of aromatic nitrogens is 2. The van der Waals surface area contributed by atoms with Gasteiger partial charge in [0.05, 0.1) is 75.2 Å². The maximum absolute atomic E-state index is 12.7. The number of H-pyrrole nitrogens is 1. The topological polar surface area (TPSA) is 711 Å². The molecule has 0 saturated carbocycles. The number of carboxylic acid groups (broad SMARTS) is 3. The van der Waals surface area contributed by atoms with Crippen LogP contribution in [0.15, 0.2) is 154 Å². The number of benzene rings is 7. The lowest BCUT2D eigenvalue weighted by atomic mass is 9.89. The molecule has 51 heteroatoms. The molecule has 6 unspecified atom stereocenters. The maximum Gasteiger partial charge on any atom is 0.336 e. The van der Waals surface area contributed by atoms with Gasteiger partial charge in [-0.1, -0.05) is 28.1 Å². The highest BCUT2D eigenvalue weighted by Gasteiger charge is 2.40. The van der Waals surface area contributed by atoms with Crippen LogP contribution in [0.5, 0.6) is 17.2 Å². The van der Waals surface area contributed by atoms with E-state index in [1.54, 1.807) is 42.5 Å². The van der Waals surface area contributed by atoms with E-state index in [1.807, 2.05) is 109 Å². The van der Waals surface area contributed by atoms with Gasteiger partial charge in [-0.05, 0) is 180 Å². The molecular weight excluding hydrogens is 1950 g/mol. The van der Waals surface area contributed by atoms with Crippen molar-refractivity contribution in [3.05, 3.63) is 212 Å². The van der Waals surface area contributed by atoms with Crippen LogP contribution >= 0.6 is 23.5 Å². The minimum absolute atomic E-state index is 0.00659. The molecule has 1 aromatic heterocycles. The van der Waals surface area contributed by atoms with E-state index in [2.05, 4.69) is 71.0 Å². The van der Waals surface area contributed by atoms with Gasteiger partial charge < -0.3 is 112 Å². The number of nitrogens with zero attached hydrogens (tertiary/aromatic N) is 10. The van der Waals surface area contributed by atoms with Gasteiger partial charge in [0.15, 0.2) is 12.0 Å². The second kappa shape index (κ2) is 52.6. The minimum atomic E-state index is -6.27. The largest absolute Gasteiger partial charge is 0.790 e. The van der Waals surface area contributed by atoms with Gasteiger partial charge in [-0.25, -0.2) is 23.5 Å². The first-order valence-electron chi connectivity index (χ1n) is 44.8. The van der Waals surface area contributed by atoms with Crippen LogP contribution in [0.4, 0.5) is 11.4 Å². The molecule has 2 fully saturated rings. The molecule has 144 heavy (non-hydrogen) atoms. The molecule has 5 heterocycles. The van der Waals surface area contributed by atoms with E-state index < -0.39 is 108 Å². The Morgan fingerprint density at radius 3 is 1.76 bits per heavy atom. The molecule has 2 saturated heterocycles. The molecule has 4 aliphatic heterocycles. The Balaban J connectivity index is 0.000000228. The summed E-state index contributed by atoms with van der Waals surface area (Å²) in [6, 6.07) is 31.5. The zero-order chi connectivity index (χ0) is 105. The molecule has 6 atom stereocenters. The highest BCUT2D eigenvalue weighted by molar-refractivity contribution is 7.64. The Hall–Kier alpha value is -14.3. The number of carbonyl (C=O) groups is 8. The fourth-order valence-corrected chi connectivity index (χ4v) is 17.7. The number of phosphoric ester groups is 1. The minimum Gasteiger partial charge on any atom is -0.790 e. The number of imide groups is 1. The number of aliphatic carboxylic acids is 1. The van der Waals surface area contributed by atoms with Crippen LogP contribution in [0.3, 0.4) is 0 Å². The third-order valence-corrected chi connectivity index (χ3v) is 24.9. The van der Waals surface area contributed by atoms with E-state index in [-0.39, 0.29) is 132 Å². The summed E-state index contributed by atoms with van der Waals surface area (Å²) < 4.78 is 97.8. The average Bonchev–Trinajstić information content (AvgIpc) is 0.758. The number of carbonyl (C=O) groups excluding carboxylic acids is 5. The number of aromatic amines is 1. The maximum atomic E-state index is 12.7. The number of hydrogen-bond acceptors (Lipinski definition) is 37. The Kier molecular flexibility index (Phi) is 40.8.